The summed E-state index contributed by atoms with van der Waals surface area (Å²) in [6.45, 7) is 8.13. The molecule has 0 spiro atoms. The second-order valence-electron chi connectivity index (χ2n) is 6.22. The summed E-state index contributed by atoms with van der Waals surface area (Å²) in [6, 6.07) is 0. The van der Waals surface area contributed by atoms with Crippen LogP contribution in [-0.2, 0) is 14.3 Å². The number of amides is 1. The molecule has 0 radical (unpaired) electrons. The number of ether oxygens (including phenoxy) is 1. The topological polar surface area (TPSA) is 46.6 Å². The summed E-state index contributed by atoms with van der Waals surface area (Å²) in [5, 5.41) is 0. The molecule has 0 bridgehead atoms. The lowest BCUT2D eigenvalue weighted by Crippen LogP contribution is -2.34. The van der Waals surface area contributed by atoms with E-state index in [1.807, 2.05) is 4.90 Å². The molecule has 136 valence electrons. The van der Waals surface area contributed by atoms with E-state index in [0.717, 1.165) is 45.1 Å². The third-order valence-electron chi connectivity index (χ3n) is 3.98. The standard InChI is InChI=1S/C19H37NO3/c1-4-7-10-11-12-13-18(21)20(15-8-5-2)16-14-19(22)23-17-9-6-3/h4-17H2,1-3H3. The van der Waals surface area contributed by atoms with Crippen LogP contribution in [-0.4, -0.2) is 36.5 Å². The summed E-state index contributed by atoms with van der Waals surface area (Å²) in [7, 11) is 0. The van der Waals surface area contributed by atoms with Crippen LogP contribution in [0.25, 0.3) is 0 Å². The highest BCUT2D eigenvalue weighted by molar-refractivity contribution is 5.77. The summed E-state index contributed by atoms with van der Waals surface area (Å²) in [4.78, 5) is 25.9. The summed E-state index contributed by atoms with van der Waals surface area (Å²) in [5.41, 5.74) is 0. The molecular formula is C19H37NO3. The molecule has 0 fully saturated rings. The lowest BCUT2D eigenvalue weighted by atomic mass is 10.1. The predicted octanol–water partition coefficient (Wildman–Crippen LogP) is 4.71. The van der Waals surface area contributed by atoms with Gasteiger partial charge >= 0.3 is 5.97 Å². The van der Waals surface area contributed by atoms with Crippen LogP contribution in [0.3, 0.4) is 0 Å². The Morgan fingerprint density at radius 1 is 0.739 bits per heavy atom. The summed E-state index contributed by atoms with van der Waals surface area (Å²) >= 11 is 0. The number of esters is 1. The van der Waals surface area contributed by atoms with Crippen LogP contribution in [0, 0.1) is 0 Å². The fourth-order valence-electron chi connectivity index (χ4n) is 2.38. The molecule has 0 N–H and O–H groups in total. The van der Waals surface area contributed by atoms with Gasteiger partial charge in [-0.25, -0.2) is 0 Å². The minimum atomic E-state index is -0.185. The van der Waals surface area contributed by atoms with Crippen LogP contribution < -0.4 is 0 Å². The third-order valence-corrected chi connectivity index (χ3v) is 3.98. The fourth-order valence-corrected chi connectivity index (χ4v) is 2.38. The number of nitrogens with zero attached hydrogens (tertiary/aromatic N) is 1. The fraction of sp³-hybridized carbons (Fsp3) is 0.895. The van der Waals surface area contributed by atoms with E-state index in [-0.39, 0.29) is 11.9 Å². The van der Waals surface area contributed by atoms with Gasteiger partial charge in [-0.3, -0.25) is 9.59 Å². The van der Waals surface area contributed by atoms with Crippen LogP contribution in [0.5, 0.6) is 0 Å². The molecule has 0 rings (SSSR count). The van der Waals surface area contributed by atoms with E-state index in [1.165, 1.54) is 19.3 Å². The maximum absolute atomic E-state index is 12.3. The molecule has 0 aromatic carbocycles. The Morgan fingerprint density at radius 2 is 1.39 bits per heavy atom. The Bertz CT molecular complexity index is 305. The zero-order valence-electron chi connectivity index (χ0n) is 15.6. The molecule has 1 amide bonds. The van der Waals surface area contributed by atoms with Crippen molar-refractivity contribution in [1.82, 2.24) is 4.90 Å². The number of hydrogen-bond donors (Lipinski definition) is 0. The van der Waals surface area contributed by atoms with Crippen molar-refractivity contribution in [2.45, 2.75) is 91.4 Å². The highest BCUT2D eigenvalue weighted by atomic mass is 16.5. The Morgan fingerprint density at radius 3 is 2.04 bits per heavy atom. The first-order valence-electron chi connectivity index (χ1n) is 9.59. The zero-order valence-corrected chi connectivity index (χ0v) is 15.6. The molecule has 0 unspecified atom stereocenters. The molecule has 4 heteroatoms. The van der Waals surface area contributed by atoms with E-state index in [9.17, 15) is 9.59 Å². The Balaban J connectivity index is 4.07. The normalized spacial score (nSPS) is 10.6. The van der Waals surface area contributed by atoms with Gasteiger partial charge in [-0.2, -0.15) is 0 Å². The second kappa shape index (κ2) is 15.8. The molecule has 0 saturated heterocycles. The first-order valence-corrected chi connectivity index (χ1v) is 9.59. The van der Waals surface area contributed by atoms with Crippen LogP contribution in [0.4, 0.5) is 0 Å². The van der Waals surface area contributed by atoms with E-state index in [2.05, 4.69) is 20.8 Å². The van der Waals surface area contributed by atoms with E-state index in [1.54, 1.807) is 0 Å². The van der Waals surface area contributed by atoms with Crippen molar-refractivity contribution in [3.63, 3.8) is 0 Å². The Hall–Kier alpha value is -1.06. The quantitative estimate of drug-likeness (QED) is 0.323. The second-order valence-corrected chi connectivity index (χ2v) is 6.22. The van der Waals surface area contributed by atoms with Gasteiger partial charge in [0.2, 0.25) is 5.91 Å². The smallest absolute Gasteiger partial charge is 0.307 e. The van der Waals surface area contributed by atoms with Crippen LogP contribution in [0.15, 0.2) is 0 Å². The molecule has 4 nitrogen and oxygen atoms in total. The molecule has 0 atom stereocenters. The number of rotatable bonds is 15. The number of hydrogen-bond acceptors (Lipinski definition) is 3. The van der Waals surface area contributed by atoms with Crippen LogP contribution in [0.1, 0.15) is 91.4 Å². The molecule has 0 aliphatic heterocycles. The third kappa shape index (κ3) is 13.1. The molecule has 0 aromatic heterocycles. The van der Waals surface area contributed by atoms with Crippen LogP contribution in [0.2, 0.25) is 0 Å². The van der Waals surface area contributed by atoms with Crippen molar-refractivity contribution < 1.29 is 14.3 Å². The van der Waals surface area contributed by atoms with Gasteiger partial charge in [-0.05, 0) is 19.3 Å². The minimum Gasteiger partial charge on any atom is -0.466 e. The van der Waals surface area contributed by atoms with Gasteiger partial charge in [-0.1, -0.05) is 59.3 Å². The van der Waals surface area contributed by atoms with Crippen molar-refractivity contribution in [2.75, 3.05) is 19.7 Å². The van der Waals surface area contributed by atoms with E-state index in [0.29, 0.717) is 26.0 Å². The molecule has 23 heavy (non-hydrogen) atoms. The largest absolute Gasteiger partial charge is 0.466 e. The number of unbranched alkanes of at least 4 members (excludes halogenated alkanes) is 6. The first kappa shape index (κ1) is 21.9. The lowest BCUT2D eigenvalue weighted by molar-refractivity contribution is -0.144. The van der Waals surface area contributed by atoms with Crippen LogP contribution >= 0.6 is 0 Å². The monoisotopic (exact) mass is 327 g/mol. The summed E-state index contributed by atoms with van der Waals surface area (Å²) in [6.07, 6.45) is 10.7. The molecule has 0 saturated carbocycles. The molecule has 0 aliphatic rings. The van der Waals surface area contributed by atoms with Crippen molar-refractivity contribution in [1.29, 1.82) is 0 Å². The SMILES string of the molecule is CCCCCCCC(=O)N(CCCC)CCC(=O)OCCCC. The summed E-state index contributed by atoms with van der Waals surface area (Å²) < 4.78 is 5.17. The van der Waals surface area contributed by atoms with Gasteiger partial charge < -0.3 is 9.64 Å². The van der Waals surface area contributed by atoms with E-state index < -0.39 is 0 Å². The van der Waals surface area contributed by atoms with Gasteiger partial charge in [0, 0.05) is 19.5 Å². The maximum Gasteiger partial charge on any atom is 0.307 e. The van der Waals surface area contributed by atoms with Gasteiger partial charge in [0.05, 0.1) is 13.0 Å². The average Bonchev–Trinajstić information content (AvgIpc) is 2.54. The number of carbonyl (C=O) groups excluding carboxylic acids is 2. The summed E-state index contributed by atoms with van der Waals surface area (Å²) in [5.74, 6) is 0.00648. The Labute approximate surface area is 143 Å². The van der Waals surface area contributed by atoms with Gasteiger partial charge in [-0.15, -0.1) is 0 Å². The van der Waals surface area contributed by atoms with E-state index in [4.69, 9.17) is 4.74 Å². The average molecular weight is 328 g/mol. The van der Waals surface area contributed by atoms with Crippen molar-refractivity contribution >= 4 is 11.9 Å². The van der Waals surface area contributed by atoms with E-state index >= 15 is 0 Å². The Kier molecular flexibility index (Phi) is 15.1. The van der Waals surface area contributed by atoms with Crippen molar-refractivity contribution in [3.8, 4) is 0 Å². The molecule has 0 aliphatic carbocycles. The first-order chi connectivity index (χ1) is 11.2. The van der Waals surface area contributed by atoms with Crippen molar-refractivity contribution in [2.24, 2.45) is 0 Å². The molecular weight excluding hydrogens is 290 g/mol. The number of carbonyl (C=O) groups is 2. The van der Waals surface area contributed by atoms with Gasteiger partial charge in [0.15, 0.2) is 0 Å². The zero-order chi connectivity index (χ0) is 17.3. The highest BCUT2D eigenvalue weighted by Crippen LogP contribution is 2.08. The maximum atomic E-state index is 12.3. The minimum absolute atomic E-state index is 0.185. The van der Waals surface area contributed by atoms with Gasteiger partial charge in [0.25, 0.3) is 0 Å². The van der Waals surface area contributed by atoms with Crippen molar-refractivity contribution in [3.05, 3.63) is 0 Å². The van der Waals surface area contributed by atoms with Gasteiger partial charge in [0.1, 0.15) is 0 Å². The highest BCUT2D eigenvalue weighted by Gasteiger charge is 2.14. The lowest BCUT2D eigenvalue weighted by Gasteiger charge is -2.22. The molecule has 0 aromatic rings. The molecule has 0 heterocycles. The predicted molar refractivity (Wildman–Crippen MR) is 95.3 cm³/mol.